The molecule has 2 aromatic rings. The van der Waals surface area contributed by atoms with E-state index in [-0.39, 0.29) is 5.97 Å². The van der Waals surface area contributed by atoms with Crippen molar-refractivity contribution in [2.45, 2.75) is 26.7 Å². The van der Waals surface area contributed by atoms with E-state index in [4.69, 9.17) is 9.47 Å². The van der Waals surface area contributed by atoms with Crippen LogP contribution in [0.4, 0.5) is 0 Å². The number of allylic oxidation sites excluding steroid dienone is 1. The summed E-state index contributed by atoms with van der Waals surface area (Å²) in [7, 11) is 3.14. The molecule has 3 nitrogen and oxygen atoms in total. The lowest BCUT2D eigenvalue weighted by Crippen LogP contribution is -2.34. The van der Waals surface area contributed by atoms with Gasteiger partial charge in [-0.2, -0.15) is 0 Å². The zero-order chi connectivity index (χ0) is 16.6. The predicted octanol–water partition coefficient (Wildman–Crippen LogP) is 4.38. The van der Waals surface area contributed by atoms with E-state index in [1.165, 1.54) is 23.4 Å². The highest BCUT2D eigenvalue weighted by molar-refractivity contribution is 5.99. The third-order valence-electron chi connectivity index (χ3n) is 5.02. The van der Waals surface area contributed by atoms with Gasteiger partial charge in [-0.1, -0.05) is 24.3 Å². The first-order valence-electron chi connectivity index (χ1n) is 7.90. The monoisotopic (exact) mass is 310 g/mol. The van der Waals surface area contributed by atoms with Gasteiger partial charge in [-0.15, -0.1) is 0 Å². The van der Waals surface area contributed by atoms with Gasteiger partial charge in [0, 0.05) is 0 Å². The average molecular weight is 310 g/mol. The summed E-state index contributed by atoms with van der Waals surface area (Å²) in [5, 5.41) is 2.40. The molecule has 23 heavy (non-hydrogen) atoms. The number of hydrogen-bond acceptors (Lipinski definition) is 3. The van der Waals surface area contributed by atoms with Gasteiger partial charge in [-0.25, -0.2) is 0 Å². The first-order valence-corrected chi connectivity index (χ1v) is 7.90. The standard InChI is InChI=1S/C20H22O3/c1-5-18-17-8-6-13-12-14(22-3)7-9-15(13)16(17)10-11-20(18,2)19(21)23-4/h5-9,12H,10-11H2,1-4H3. The lowest BCUT2D eigenvalue weighted by atomic mass is 9.68. The van der Waals surface area contributed by atoms with Crippen LogP contribution in [0.1, 0.15) is 31.4 Å². The van der Waals surface area contributed by atoms with Crippen molar-refractivity contribution in [3.05, 3.63) is 47.5 Å². The molecule has 1 atom stereocenters. The lowest BCUT2D eigenvalue weighted by Gasteiger charge is -2.36. The van der Waals surface area contributed by atoms with Crippen molar-refractivity contribution < 1.29 is 14.3 Å². The van der Waals surface area contributed by atoms with Gasteiger partial charge < -0.3 is 9.47 Å². The second-order valence-corrected chi connectivity index (χ2v) is 6.20. The Labute approximate surface area is 136 Å². The first kappa shape index (κ1) is 15.6. The summed E-state index contributed by atoms with van der Waals surface area (Å²) < 4.78 is 10.4. The highest BCUT2D eigenvalue weighted by Crippen LogP contribution is 2.47. The number of hydrogen-bond donors (Lipinski definition) is 0. The van der Waals surface area contributed by atoms with Gasteiger partial charge in [-0.05, 0) is 66.3 Å². The van der Waals surface area contributed by atoms with Crippen molar-refractivity contribution in [1.29, 1.82) is 0 Å². The molecule has 0 aromatic heterocycles. The molecule has 2 aromatic carbocycles. The Kier molecular flexibility index (Phi) is 3.88. The van der Waals surface area contributed by atoms with Crippen LogP contribution in [0.2, 0.25) is 0 Å². The van der Waals surface area contributed by atoms with Crippen LogP contribution in [0.25, 0.3) is 16.3 Å². The smallest absolute Gasteiger partial charge is 0.316 e. The zero-order valence-electron chi connectivity index (χ0n) is 14.1. The van der Waals surface area contributed by atoms with E-state index in [0.29, 0.717) is 0 Å². The number of ether oxygens (including phenoxy) is 2. The number of carbonyl (C=O) groups excluding carboxylic acids is 1. The first-order chi connectivity index (χ1) is 11.0. The number of carbonyl (C=O) groups is 1. The van der Waals surface area contributed by atoms with E-state index in [9.17, 15) is 4.79 Å². The third kappa shape index (κ3) is 2.31. The number of fused-ring (bicyclic) bond motifs is 3. The van der Waals surface area contributed by atoms with Gasteiger partial charge in [0.1, 0.15) is 5.75 Å². The highest BCUT2D eigenvalue weighted by Gasteiger charge is 2.42. The Hall–Kier alpha value is -2.29. The molecule has 0 saturated heterocycles. The average Bonchev–Trinajstić information content (AvgIpc) is 2.59. The number of benzene rings is 2. The van der Waals surface area contributed by atoms with Crippen LogP contribution in [0.15, 0.2) is 36.4 Å². The quantitative estimate of drug-likeness (QED) is 0.772. The predicted molar refractivity (Wildman–Crippen MR) is 92.6 cm³/mol. The Morgan fingerprint density at radius 3 is 2.65 bits per heavy atom. The normalized spacial score (nSPS) is 22.0. The third-order valence-corrected chi connectivity index (χ3v) is 5.02. The van der Waals surface area contributed by atoms with E-state index in [2.05, 4.69) is 24.3 Å². The van der Waals surface area contributed by atoms with E-state index < -0.39 is 5.41 Å². The molecule has 3 heteroatoms. The molecule has 1 aliphatic carbocycles. The summed E-state index contributed by atoms with van der Waals surface area (Å²) in [6, 6.07) is 10.4. The summed E-state index contributed by atoms with van der Waals surface area (Å²) in [5.74, 6) is 0.699. The Bertz CT molecular complexity index is 804. The summed E-state index contributed by atoms with van der Waals surface area (Å²) in [5.41, 5.74) is 2.95. The molecule has 0 N–H and O–H groups in total. The molecular formula is C20H22O3. The summed E-state index contributed by atoms with van der Waals surface area (Å²) in [6.07, 6.45) is 3.67. The van der Waals surface area contributed by atoms with Crippen LogP contribution in [-0.2, 0) is 16.0 Å². The van der Waals surface area contributed by atoms with Gasteiger partial charge in [0.2, 0.25) is 0 Å². The Balaban J connectivity index is 2.20. The Morgan fingerprint density at radius 1 is 1.22 bits per heavy atom. The number of methoxy groups -OCH3 is 2. The minimum absolute atomic E-state index is 0.161. The van der Waals surface area contributed by atoms with Crippen molar-refractivity contribution in [3.63, 3.8) is 0 Å². The number of aryl methyl sites for hydroxylation is 1. The molecule has 0 amide bonds. The van der Waals surface area contributed by atoms with E-state index in [1.807, 2.05) is 26.0 Å². The lowest BCUT2D eigenvalue weighted by molar-refractivity contribution is -0.148. The molecule has 120 valence electrons. The van der Waals surface area contributed by atoms with Gasteiger partial charge in [0.25, 0.3) is 0 Å². The van der Waals surface area contributed by atoms with Crippen molar-refractivity contribution in [1.82, 2.24) is 0 Å². The van der Waals surface area contributed by atoms with Crippen LogP contribution in [0.5, 0.6) is 5.75 Å². The zero-order valence-corrected chi connectivity index (χ0v) is 14.1. The van der Waals surface area contributed by atoms with Crippen LogP contribution < -0.4 is 4.74 Å². The maximum absolute atomic E-state index is 12.3. The van der Waals surface area contributed by atoms with Crippen LogP contribution >= 0.6 is 0 Å². The minimum Gasteiger partial charge on any atom is -0.497 e. The van der Waals surface area contributed by atoms with Gasteiger partial charge in [0.05, 0.1) is 19.6 Å². The second kappa shape index (κ2) is 5.73. The summed E-state index contributed by atoms with van der Waals surface area (Å²) in [6.45, 7) is 3.97. The van der Waals surface area contributed by atoms with Crippen molar-refractivity contribution >= 4 is 22.3 Å². The van der Waals surface area contributed by atoms with E-state index >= 15 is 0 Å². The summed E-state index contributed by atoms with van der Waals surface area (Å²) >= 11 is 0. The maximum Gasteiger partial charge on any atom is 0.316 e. The van der Waals surface area contributed by atoms with Crippen molar-refractivity contribution in [2.75, 3.05) is 14.2 Å². The molecule has 1 aliphatic rings. The molecule has 0 fully saturated rings. The molecule has 1 unspecified atom stereocenters. The van der Waals surface area contributed by atoms with Crippen LogP contribution in [0, 0.1) is 5.41 Å². The summed E-state index contributed by atoms with van der Waals surface area (Å²) in [4.78, 5) is 12.3. The maximum atomic E-state index is 12.3. The fourth-order valence-corrected chi connectivity index (χ4v) is 3.74. The van der Waals surface area contributed by atoms with E-state index in [1.54, 1.807) is 7.11 Å². The van der Waals surface area contributed by atoms with Gasteiger partial charge >= 0.3 is 5.97 Å². The molecular weight excluding hydrogens is 288 g/mol. The van der Waals surface area contributed by atoms with Gasteiger partial charge in [0.15, 0.2) is 0 Å². The number of rotatable bonds is 2. The van der Waals surface area contributed by atoms with E-state index in [0.717, 1.165) is 29.7 Å². The highest BCUT2D eigenvalue weighted by atomic mass is 16.5. The van der Waals surface area contributed by atoms with Crippen LogP contribution in [-0.4, -0.2) is 20.2 Å². The SMILES string of the molecule is CC=C1c2ccc3cc(OC)ccc3c2CCC1(C)C(=O)OC. The largest absolute Gasteiger partial charge is 0.497 e. The fraction of sp³-hybridized carbons (Fsp3) is 0.350. The van der Waals surface area contributed by atoms with Crippen molar-refractivity contribution in [2.24, 2.45) is 5.41 Å². The molecule has 0 radical (unpaired) electrons. The van der Waals surface area contributed by atoms with Gasteiger partial charge in [-0.3, -0.25) is 4.79 Å². The molecule has 0 heterocycles. The minimum atomic E-state index is -0.573. The fourth-order valence-electron chi connectivity index (χ4n) is 3.74. The molecule has 0 bridgehead atoms. The van der Waals surface area contributed by atoms with Crippen molar-refractivity contribution in [3.8, 4) is 5.75 Å². The topological polar surface area (TPSA) is 35.5 Å². The molecule has 3 rings (SSSR count). The number of esters is 1. The molecule has 0 saturated carbocycles. The molecule has 0 aliphatic heterocycles. The second-order valence-electron chi connectivity index (χ2n) is 6.20. The molecule has 0 spiro atoms. The van der Waals surface area contributed by atoms with Crippen LogP contribution in [0.3, 0.4) is 0 Å². The Morgan fingerprint density at radius 2 is 2.00 bits per heavy atom.